The van der Waals surface area contributed by atoms with E-state index in [9.17, 15) is 13.2 Å². The highest BCUT2D eigenvalue weighted by Gasteiger charge is 2.34. The highest BCUT2D eigenvalue weighted by atomic mass is 32.2. The van der Waals surface area contributed by atoms with Crippen LogP contribution in [0.3, 0.4) is 0 Å². The van der Waals surface area contributed by atoms with Crippen molar-refractivity contribution in [3.63, 3.8) is 0 Å². The van der Waals surface area contributed by atoms with E-state index in [0.29, 0.717) is 18.9 Å². The molecule has 1 heterocycles. The van der Waals surface area contributed by atoms with E-state index < -0.39 is 9.84 Å². The summed E-state index contributed by atoms with van der Waals surface area (Å²) in [4.78, 5) is 15.3. The smallest absolute Gasteiger partial charge is 0.227 e. The average molecular weight is 436 g/mol. The largest absolute Gasteiger partial charge is 0.334 e. The van der Waals surface area contributed by atoms with Gasteiger partial charge in [-0.2, -0.15) is 0 Å². The molecule has 0 aromatic heterocycles. The van der Waals surface area contributed by atoms with Gasteiger partial charge in [-0.3, -0.25) is 4.79 Å². The predicted octanol–water partition coefficient (Wildman–Crippen LogP) is 4.72. The lowest BCUT2D eigenvalue weighted by atomic mass is 10.00. The molecule has 162 valence electrons. The first-order chi connectivity index (χ1) is 14.8. The van der Waals surface area contributed by atoms with E-state index in [0.717, 1.165) is 21.9 Å². The molecule has 1 unspecified atom stereocenters. The monoisotopic (exact) mass is 435 g/mol. The molecule has 0 bridgehead atoms. The van der Waals surface area contributed by atoms with E-state index in [1.54, 1.807) is 4.90 Å². The van der Waals surface area contributed by atoms with Crippen LogP contribution >= 0.6 is 0 Å². The van der Waals surface area contributed by atoms with Gasteiger partial charge in [0.05, 0.1) is 17.9 Å². The Balaban J connectivity index is 1.61. The second-order valence-electron chi connectivity index (χ2n) is 8.79. The molecule has 1 amide bonds. The number of hydrogen-bond donors (Lipinski definition) is 0. The zero-order valence-electron chi connectivity index (χ0n) is 18.1. The number of nitrogens with zero attached hydrogens (tertiary/aromatic N) is 1. The summed E-state index contributed by atoms with van der Waals surface area (Å²) < 4.78 is 24.3. The predicted molar refractivity (Wildman–Crippen MR) is 126 cm³/mol. The van der Waals surface area contributed by atoms with E-state index in [-0.39, 0.29) is 29.9 Å². The molecule has 4 nitrogen and oxygen atoms in total. The third kappa shape index (κ3) is 4.99. The molecule has 5 heteroatoms. The van der Waals surface area contributed by atoms with Crippen LogP contribution in [0, 0.1) is 0 Å². The minimum absolute atomic E-state index is 0.0219. The van der Waals surface area contributed by atoms with Gasteiger partial charge in [0.25, 0.3) is 0 Å². The zero-order valence-corrected chi connectivity index (χ0v) is 18.9. The number of benzene rings is 3. The Bertz CT molecular complexity index is 1180. The van der Waals surface area contributed by atoms with Gasteiger partial charge in [0.2, 0.25) is 5.91 Å². The average Bonchev–Trinajstić information content (AvgIpc) is 3.12. The Labute approximate surface area is 184 Å². The minimum Gasteiger partial charge on any atom is -0.334 e. The van der Waals surface area contributed by atoms with Crippen LogP contribution in [0.15, 0.2) is 66.7 Å². The first-order valence-corrected chi connectivity index (χ1v) is 12.7. The third-order valence-corrected chi connectivity index (χ3v) is 7.94. The number of carbonyl (C=O) groups is 1. The maximum absolute atomic E-state index is 13.5. The molecule has 0 saturated carbocycles. The summed E-state index contributed by atoms with van der Waals surface area (Å²) in [7, 11) is -3.09. The number of carbonyl (C=O) groups excluding carboxylic acids is 1. The van der Waals surface area contributed by atoms with Gasteiger partial charge < -0.3 is 4.90 Å². The van der Waals surface area contributed by atoms with Crippen molar-refractivity contribution in [3.05, 3.63) is 83.4 Å². The lowest BCUT2D eigenvalue weighted by molar-refractivity contribution is -0.133. The second kappa shape index (κ2) is 8.83. The van der Waals surface area contributed by atoms with Crippen molar-refractivity contribution in [3.8, 4) is 0 Å². The molecular formula is C26H29NO3S. The van der Waals surface area contributed by atoms with Crippen molar-refractivity contribution in [2.24, 2.45) is 0 Å². The fourth-order valence-electron chi connectivity index (χ4n) is 4.36. The summed E-state index contributed by atoms with van der Waals surface area (Å²) in [5.41, 5.74) is 3.25. The summed E-state index contributed by atoms with van der Waals surface area (Å²) in [6.45, 7) is 4.74. The molecule has 31 heavy (non-hydrogen) atoms. The van der Waals surface area contributed by atoms with Crippen molar-refractivity contribution >= 4 is 26.5 Å². The quantitative estimate of drug-likeness (QED) is 0.563. The number of sulfone groups is 1. The fraction of sp³-hybridized carbons (Fsp3) is 0.346. The van der Waals surface area contributed by atoms with E-state index >= 15 is 0 Å². The Morgan fingerprint density at radius 2 is 1.71 bits per heavy atom. The van der Waals surface area contributed by atoms with Crippen molar-refractivity contribution in [2.45, 2.75) is 45.2 Å². The van der Waals surface area contributed by atoms with Gasteiger partial charge >= 0.3 is 0 Å². The van der Waals surface area contributed by atoms with Crippen LogP contribution in [-0.2, 0) is 27.6 Å². The Morgan fingerprint density at radius 1 is 1.00 bits per heavy atom. The van der Waals surface area contributed by atoms with Crippen molar-refractivity contribution in [2.75, 3.05) is 11.5 Å². The number of amides is 1. The summed E-state index contributed by atoms with van der Waals surface area (Å²) in [5.74, 6) is 0.630. The SMILES string of the molecule is CC(C)c1ccc(CN(C(=O)Cc2cccc3ccccc23)C2CCS(=O)(=O)C2)cc1. The lowest BCUT2D eigenvalue weighted by Crippen LogP contribution is -2.41. The molecule has 0 aliphatic carbocycles. The second-order valence-corrected chi connectivity index (χ2v) is 11.0. The summed E-state index contributed by atoms with van der Waals surface area (Å²) in [6.07, 6.45) is 0.773. The molecule has 1 fully saturated rings. The van der Waals surface area contributed by atoms with Gasteiger partial charge in [-0.15, -0.1) is 0 Å². The third-order valence-electron chi connectivity index (χ3n) is 6.19. The van der Waals surface area contributed by atoms with E-state index in [2.05, 4.69) is 38.1 Å². The molecule has 1 aliphatic rings. The summed E-state index contributed by atoms with van der Waals surface area (Å²) in [5, 5.41) is 2.17. The van der Waals surface area contributed by atoms with Crippen LogP contribution in [0.25, 0.3) is 10.8 Å². The van der Waals surface area contributed by atoms with Crippen molar-refractivity contribution in [1.82, 2.24) is 4.90 Å². The molecule has 0 N–H and O–H groups in total. The molecule has 3 aromatic carbocycles. The number of fused-ring (bicyclic) bond motifs is 1. The van der Waals surface area contributed by atoms with Gasteiger partial charge in [-0.1, -0.05) is 80.6 Å². The molecule has 4 rings (SSSR count). The van der Waals surface area contributed by atoms with Crippen LogP contribution in [0.5, 0.6) is 0 Å². The van der Waals surface area contributed by atoms with E-state index in [4.69, 9.17) is 0 Å². The van der Waals surface area contributed by atoms with Gasteiger partial charge in [0, 0.05) is 12.6 Å². The summed E-state index contributed by atoms with van der Waals surface area (Å²) in [6, 6.07) is 22.1. The first-order valence-electron chi connectivity index (χ1n) is 10.9. The van der Waals surface area contributed by atoms with Gasteiger partial charge in [0.15, 0.2) is 9.84 Å². The van der Waals surface area contributed by atoms with Gasteiger partial charge in [0.1, 0.15) is 0 Å². The molecule has 1 atom stereocenters. The highest BCUT2D eigenvalue weighted by Crippen LogP contribution is 2.24. The topological polar surface area (TPSA) is 54.5 Å². The Kier molecular flexibility index (Phi) is 6.15. The lowest BCUT2D eigenvalue weighted by Gasteiger charge is -2.29. The fourth-order valence-corrected chi connectivity index (χ4v) is 6.09. The van der Waals surface area contributed by atoms with Gasteiger partial charge in [-0.25, -0.2) is 8.42 Å². The number of rotatable bonds is 6. The standard InChI is InChI=1S/C26H29NO3S/c1-19(2)21-12-10-20(11-13-21)17-27(24-14-15-31(29,30)18-24)26(28)16-23-8-5-7-22-6-3-4-9-25(22)23/h3-13,19,24H,14-18H2,1-2H3. The molecular weight excluding hydrogens is 406 g/mol. The molecule has 0 spiro atoms. The zero-order chi connectivity index (χ0) is 22.0. The van der Waals surface area contributed by atoms with Crippen molar-refractivity contribution in [1.29, 1.82) is 0 Å². The first kappa shape index (κ1) is 21.6. The van der Waals surface area contributed by atoms with Crippen LogP contribution < -0.4 is 0 Å². The Hall–Kier alpha value is -2.66. The van der Waals surface area contributed by atoms with Gasteiger partial charge in [-0.05, 0) is 39.8 Å². The maximum atomic E-state index is 13.5. The van der Waals surface area contributed by atoms with E-state index in [1.807, 2.05) is 42.5 Å². The molecule has 0 radical (unpaired) electrons. The maximum Gasteiger partial charge on any atom is 0.227 e. The van der Waals surface area contributed by atoms with E-state index in [1.165, 1.54) is 5.56 Å². The molecule has 3 aromatic rings. The molecule has 1 saturated heterocycles. The van der Waals surface area contributed by atoms with Crippen LogP contribution in [0.2, 0.25) is 0 Å². The van der Waals surface area contributed by atoms with Crippen molar-refractivity contribution < 1.29 is 13.2 Å². The summed E-state index contributed by atoms with van der Waals surface area (Å²) >= 11 is 0. The highest BCUT2D eigenvalue weighted by molar-refractivity contribution is 7.91. The van der Waals surface area contributed by atoms with Crippen LogP contribution in [0.4, 0.5) is 0 Å². The minimum atomic E-state index is -3.09. The number of hydrogen-bond acceptors (Lipinski definition) is 3. The normalized spacial score (nSPS) is 17.8. The Morgan fingerprint density at radius 3 is 2.39 bits per heavy atom. The van der Waals surface area contributed by atoms with Crippen LogP contribution in [0.1, 0.15) is 42.9 Å². The molecule has 1 aliphatic heterocycles. The van der Waals surface area contributed by atoms with Crippen LogP contribution in [-0.4, -0.2) is 36.8 Å².